The fourth-order valence-electron chi connectivity index (χ4n) is 1.14. The standard InChI is InChI=1S/C9H9BrF3N/c1-5(2)8-7(9(11,12)13)3-6(10)4-14-8/h3-5H,1-2H3. The van der Waals surface area contributed by atoms with Crippen LogP contribution in [-0.4, -0.2) is 4.98 Å². The Morgan fingerprint density at radius 1 is 1.36 bits per heavy atom. The average molecular weight is 268 g/mol. The third-order valence-corrected chi connectivity index (χ3v) is 2.17. The van der Waals surface area contributed by atoms with Crippen LogP contribution in [0, 0.1) is 0 Å². The van der Waals surface area contributed by atoms with Crippen molar-refractivity contribution in [2.45, 2.75) is 25.9 Å². The second-order valence-electron chi connectivity index (χ2n) is 3.24. The van der Waals surface area contributed by atoms with Gasteiger partial charge >= 0.3 is 6.18 Å². The van der Waals surface area contributed by atoms with Crippen LogP contribution >= 0.6 is 15.9 Å². The van der Waals surface area contributed by atoms with Crippen LogP contribution in [0.5, 0.6) is 0 Å². The molecule has 0 saturated carbocycles. The van der Waals surface area contributed by atoms with Crippen molar-refractivity contribution in [3.63, 3.8) is 0 Å². The van der Waals surface area contributed by atoms with Gasteiger partial charge in [0.05, 0.1) is 11.3 Å². The lowest BCUT2D eigenvalue weighted by Crippen LogP contribution is -2.11. The predicted molar refractivity (Wildman–Crippen MR) is 51.0 cm³/mol. The summed E-state index contributed by atoms with van der Waals surface area (Å²) in [5, 5.41) is 0. The van der Waals surface area contributed by atoms with Crippen molar-refractivity contribution in [1.29, 1.82) is 0 Å². The van der Waals surface area contributed by atoms with Crippen LogP contribution < -0.4 is 0 Å². The van der Waals surface area contributed by atoms with E-state index in [4.69, 9.17) is 0 Å². The van der Waals surface area contributed by atoms with E-state index >= 15 is 0 Å². The highest BCUT2D eigenvalue weighted by Crippen LogP contribution is 2.35. The second-order valence-corrected chi connectivity index (χ2v) is 4.15. The molecule has 0 aromatic carbocycles. The number of hydrogen-bond donors (Lipinski definition) is 0. The smallest absolute Gasteiger partial charge is 0.259 e. The third kappa shape index (κ3) is 2.47. The predicted octanol–water partition coefficient (Wildman–Crippen LogP) is 3.99. The van der Waals surface area contributed by atoms with Gasteiger partial charge in [0.1, 0.15) is 0 Å². The molecule has 0 N–H and O–H groups in total. The molecular weight excluding hydrogens is 259 g/mol. The van der Waals surface area contributed by atoms with Crippen LogP contribution in [0.1, 0.15) is 31.0 Å². The summed E-state index contributed by atoms with van der Waals surface area (Å²) in [7, 11) is 0. The molecule has 1 heterocycles. The normalized spacial score (nSPS) is 12.2. The number of pyridine rings is 1. The molecule has 14 heavy (non-hydrogen) atoms. The maximum absolute atomic E-state index is 12.5. The molecule has 0 aliphatic carbocycles. The van der Waals surface area contributed by atoms with Crippen molar-refractivity contribution in [1.82, 2.24) is 4.98 Å². The Morgan fingerprint density at radius 3 is 2.36 bits per heavy atom. The molecular formula is C9H9BrF3N. The largest absolute Gasteiger partial charge is 0.418 e. The summed E-state index contributed by atoms with van der Waals surface area (Å²) in [5.41, 5.74) is -0.581. The van der Waals surface area contributed by atoms with Crippen molar-refractivity contribution in [3.05, 3.63) is 28.0 Å². The number of hydrogen-bond acceptors (Lipinski definition) is 1. The Kier molecular flexibility index (Phi) is 3.19. The number of alkyl halides is 3. The first-order chi connectivity index (χ1) is 6.32. The fraction of sp³-hybridized carbons (Fsp3) is 0.444. The van der Waals surface area contributed by atoms with Gasteiger partial charge in [-0.1, -0.05) is 13.8 Å². The number of halogens is 4. The van der Waals surface area contributed by atoms with Crippen LogP contribution in [0.3, 0.4) is 0 Å². The Labute approximate surface area is 88.5 Å². The lowest BCUT2D eigenvalue weighted by Gasteiger charge is -2.14. The van der Waals surface area contributed by atoms with Gasteiger partial charge in [0.25, 0.3) is 0 Å². The Morgan fingerprint density at radius 2 is 1.93 bits per heavy atom. The first-order valence-electron chi connectivity index (χ1n) is 4.05. The number of aromatic nitrogens is 1. The Hall–Kier alpha value is -0.580. The van der Waals surface area contributed by atoms with Crippen LogP contribution in [-0.2, 0) is 6.18 Å². The molecule has 0 spiro atoms. The van der Waals surface area contributed by atoms with E-state index in [1.54, 1.807) is 13.8 Å². The molecule has 1 aromatic rings. The molecule has 0 fully saturated rings. The zero-order valence-corrected chi connectivity index (χ0v) is 9.28. The first kappa shape index (κ1) is 11.5. The maximum atomic E-state index is 12.5. The van der Waals surface area contributed by atoms with Gasteiger partial charge in [0.2, 0.25) is 0 Å². The quantitative estimate of drug-likeness (QED) is 0.750. The molecule has 1 aromatic heterocycles. The summed E-state index contributed by atoms with van der Waals surface area (Å²) in [4.78, 5) is 3.78. The summed E-state index contributed by atoms with van der Waals surface area (Å²) < 4.78 is 37.9. The monoisotopic (exact) mass is 267 g/mol. The third-order valence-electron chi connectivity index (χ3n) is 1.74. The Bertz CT molecular complexity index is 333. The summed E-state index contributed by atoms with van der Waals surface area (Å²) in [5.74, 6) is -0.236. The van der Waals surface area contributed by atoms with Crippen molar-refractivity contribution in [2.24, 2.45) is 0 Å². The van der Waals surface area contributed by atoms with Crippen molar-refractivity contribution < 1.29 is 13.2 Å². The van der Waals surface area contributed by atoms with Crippen molar-refractivity contribution >= 4 is 15.9 Å². The van der Waals surface area contributed by atoms with E-state index < -0.39 is 11.7 Å². The van der Waals surface area contributed by atoms with E-state index in [2.05, 4.69) is 20.9 Å². The molecule has 0 radical (unpaired) electrons. The molecule has 5 heteroatoms. The lowest BCUT2D eigenvalue weighted by molar-refractivity contribution is -0.138. The first-order valence-corrected chi connectivity index (χ1v) is 4.84. The zero-order chi connectivity index (χ0) is 10.9. The van der Waals surface area contributed by atoms with Crippen LogP contribution in [0.25, 0.3) is 0 Å². The van der Waals surface area contributed by atoms with Crippen molar-refractivity contribution in [3.8, 4) is 0 Å². The van der Waals surface area contributed by atoms with Crippen LogP contribution in [0.15, 0.2) is 16.7 Å². The highest BCUT2D eigenvalue weighted by Gasteiger charge is 2.34. The van der Waals surface area contributed by atoms with E-state index in [-0.39, 0.29) is 11.6 Å². The zero-order valence-electron chi connectivity index (χ0n) is 7.69. The van der Waals surface area contributed by atoms with Crippen LogP contribution in [0.4, 0.5) is 13.2 Å². The highest BCUT2D eigenvalue weighted by molar-refractivity contribution is 9.10. The van der Waals surface area contributed by atoms with Gasteiger partial charge in [-0.15, -0.1) is 0 Å². The van der Waals surface area contributed by atoms with Gasteiger partial charge in [-0.05, 0) is 27.9 Å². The Balaban J connectivity index is 3.30. The van der Waals surface area contributed by atoms with Gasteiger partial charge < -0.3 is 0 Å². The minimum Gasteiger partial charge on any atom is -0.259 e. The molecule has 0 saturated heterocycles. The number of nitrogens with zero attached hydrogens (tertiary/aromatic N) is 1. The second kappa shape index (κ2) is 3.88. The molecule has 1 rings (SSSR count). The van der Waals surface area contributed by atoms with E-state index in [1.165, 1.54) is 6.20 Å². The van der Waals surface area contributed by atoms with Crippen LogP contribution in [0.2, 0.25) is 0 Å². The van der Waals surface area contributed by atoms with Gasteiger partial charge in [-0.2, -0.15) is 13.2 Å². The van der Waals surface area contributed by atoms with E-state index in [1.807, 2.05) is 0 Å². The van der Waals surface area contributed by atoms with Gasteiger partial charge in [-0.3, -0.25) is 4.98 Å². The molecule has 0 bridgehead atoms. The van der Waals surface area contributed by atoms with E-state index in [9.17, 15) is 13.2 Å². The van der Waals surface area contributed by atoms with Crippen molar-refractivity contribution in [2.75, 3.05) is 0 Å². The minimum atomic E-state index is -4.34. The van der Waals surface area contributed by atoms with Gasteiger partial charge in [0, 0.05) is 10.7 Å². The summed E-state index contributed by atoms with van der Waals surface area (Å²) >= 11 is 2.98. The molecule has 0 aliphatic rings. The highest BCUT2D eigenvalue weighted by atomic mass is 79.9. The summed E-state index contributed by atoms with van der Waals surface area (Å²) in [6, 6.07) is 1.06. The average Bonchev–Trinajstić information content (AvgIpc) is 2.01. The molecule has 0 amide bonds. The fourth-order valence-corrected chi connectivity index (χ4v) is 1.47. The molecule has 0 atom stereocenters. The topological polar surface area (TPSA) is 12.9 Å². The number of rotatable bonds is 1. The van der Waals surface area contributed by atoms with Gasteiger partial charge in [-0.25, -0.2) is 0 Å². The summed E-state index contributed by atoms with van der Waals surface area (Å²) in [6.45, 7) is 3.37. The summed E-state index contributed by atoms with van der Waals surface area (Å²) in [6.07, 6.45) is -2.96. The molecule has 0 aliphatic heterocycles. The van der Waals surface area contributed by atoms with E-state index in [0.29, 0.717) is 4.47 Å². The minimum absolute atomic E-state index is 0.0840. The van der Waals surface area contributed by atoms with E-state index in [0.717, 1.165) is 6.07 Å². The molecule has 1 nitrogen and oxygen atoms in total. The molecule has 78 valence electrons. The SMILES string of the molecule is CC(C)c1ncc(Br)cc1C(F)(F)F. The van der Waals surface area contributed by atoms with Gasteiger partial charge in [0.15, 0.2) is 0 Å². The maximum Gasteiger partial charge on any atom is 0.418 e. The lowest BCUT2D eigenvalue weighted by atomic mass is 10.0. The molecule has 0 unspecified atom stereocenters.